The fourth-order valence-corrected chi connectivity index (χ4v) is 9.26. The highest BCUT2D eigenvalue weighted by molar-refractivity contribution is 5.09. The molecule has 0 aromatic carbocycles. The van der Waals surface area contributed by atoms with Gasteiger partial charge in [0.05, 0.1) is 6.10 Å². The van der Waals surface area contributed by atoms with Crippen LogP contribution in [0, 0.1) is 52.3 Å². The molecule has 0 heterocycles. The predicted octanol–water partition coefficient (Wildman–Crippen LogP) is 7.47. The Bertz CT molecular complexity index is 540. The summed E-state index contributed by atoms with van der Waals surface area (Å²) < 4.78 is 0. The zero-order valence-electron chi connectivity index (χ0n) is 19.6. The number of fused-ring (bicyclic) bond motifs is 5. The van der Waals surface area contributed by atoms with Crippen LogP contribution in [0.5, 0.6) is 0 Å². The van der Waals surface area contributed by atoms with Gasteiger partial charge in [0.15, 0.2) is 0 Å². The highest BCUT2D eigenvalue weighted by Crippen LogP contribution is 2.68. The molecular weight excluding hydrogens is 340 g/mol. The van der Waals surface area contributed by atoms with Gasteiger partial charge in [-0.2, -0.15) is 0 Å². The Balaban J connectivity index is 1.46. The standard InChI is InChI=1S/C27H48O/c1-18(2)7-6-8-19(3)23-11-12-24-22-10-9-20-17-21(28)13-15-26(20,4)25(22)14-16-27(23,24)5/h18-25,28H,6-17H2,1-5H3/t19-,20+,21+,22-,23+,24-,25-,26+,27+/m1/s1. The van der Waals surface area contributed by atoms with Crippen molar-refractivity contribution in [1.29, 1.82) is 0 Å². The molecule has 4 fully saturated rings. The van der Waals surface area contributed by atoms with E-state index >= 15 is 0 Å². The van der Waals surface area contributed by atoms with Crippen molar-refractivity contribution >= 4 is 0 Å². The van der Waals surface area contributed by atoms with E-state index in [9.17, 15) is 5.11 Å². The minimum atomic E-state index is -0.00830. The van der Waals surface area contributed by atoms with E-state index in [1.54, 1.807) is 0 Å². The van der Waals surface area contributed by atoms with E-state index < -0.39 is 0 Å². The largest absolute Gasteiger partial charge is 0.393 e. The Kier molecular flexibility index (Phi) is 5.98. The van der Waals surface area contributed by atoms with Crippen LogP contribution in [0.25, 0.3) is 0 Å². The predicted molar refractivity (Wildman–Crippen MR) is 119 cm³/mol. The number of rotatable bonds is 5. The normalized spacial score (nSPS) is 49.4. The van der Waals surface area contributed by atoms with Gasteiger partial charge in [-0.3, -0.25) is 0 Å². The van der Waals surface area contributed by atoms with Crippen molar-refractivity contribution < 1.29 is 5.11 Å². The molecule has 0 amide bonds. The summed E-state index contributed by atoms with van der Waals surface area (Å²) in [4.78, 5) is 0. The van der Waals surface area contributed by atoms with Crippen molar-refractivity contribution in [3.05, 3.63) is 0 Å². The Morgan fingerprint density at radius 1 is 0.821 bits per heavy atom. The Labute approximate surface area is 175 Å². The van der Waals surface area contributed by atoms with E-state index in [1.807, 2.05) is 0 Å². The van der Waals surface area contributed by atoms with Gasteiger partial charge >= 0.3 is 0 Å². The van der Waals surface area contributed by atoms with Gasteiger partial charge in [0.1, 0.15) is 0 Å². The minimum Gasteiger partial charge on any atom is -0.393 e. The summed E-state index contributed by atoms with van der Waals surface area (Å²) >= 11 is 0. The molecular formula is C27H48O. The third-order valence-corrected chi connectivity index (χ3v) is 10.8. The highest BCUT2D eigenvalue weighted by Gasteiger charge is 2.60. The molecule has 0 spiro atoms. The van der Waals surface area contributed by atoms with Crippen molar-refractivity contribution in [2.24, 2.45) is 52.3 Å². The number of hydrogen-bond donors (Lipinski definition) is 1. The quantitative estimate of drug-likeness (QED) is 0.518. The summed E-state index contributed by atoms with van der Waals surface area (Å²) in [5, 5.41) is 10.3. The number of aliphatic hydroxyl groups excluding tert-OH is 1. The lowest BCUT2D eigenvalue weighted by atomic mass is 9.44. The summed E-state index contributed by atoms with van der Waals surface area (Å²) in [6.45, 7) is 12.7. The van der Waals surface area contributed by atoms with E-state index in [4.69, 9.17) is 0 Å². The average molecular weight is 389 g/mol. The molecule has 4 rings (SSSR count). The molecule has 4 aliphatic carbocycles. The first-order valence-corrected chi connectivity index (χ1v) is 12.9. The van der Waals surface area contributed by atoms with Gasteiger partial charge < -0.3 is 5.11 Å². The second kappa shape index (κ2) is 7.90. The van der Waals surface area contributed by atoms with Gasteiger partial charge in [-0.1, -0.05) is 53.9 Å². The number of hydrogen-bond acceptors (Lipinski definition) is 1. The maximum absolute atomic E-state index is 10.3. The molecule has 0 saturated heterocycles. The Morgan fingerprint density at radius 3 is 2.29 bits per heavy atom. The number of aliphatic hydroxyl groups is 1. The molecule has 0 aromatic heterocycles. The van der Waals surface area contributed by atoms with Crippen molar-refractivity contribution in [1.82, 2.24) is 0 Å². The van der Waals surface area contributed by atoms with Gasteiger partial charge in [0.2, 0.25) is 0 Å². The molecule has 28 heavy (non-hydrogen) atoms. The molecule has 0 bridgehead atoms. The third-order valence-electron chi connectivity index (χ3n) is 10.8. The second-order valence-electron chi connectivity index (χ2n) is 12.6. The molecule has 162 valence electrons. The zero-order chi connectivity index (χ0) is 20.1. The summed E-state index contributed by atoms with van der Waals surface area (Å²) in [6, 6.07) is 0. The van der Waals surface area contributed by atoms with E-state index in [-0.39, 0.29) is 6.10 Å². The maximum Gasteiger partial charge on any atom is 0.0543 e. The molecule has 0 aromatic rings. The zero-order valence-corrected chi connectivity index (χ0v) is 19.6. The van der Waals surface area contributed by atoms with Crippen LogP contribution in [0.1, 0.15) is 112 Å². The van der Waals surface area contributed by atoms with E-state index in [2.05, 4.69) is 34.6 Å². The van der Waals surface area contributed by atoms with E-state index in [1.165, 1.54) is 64.2 Å². The van der Waals surface area contributed by atoms with E-state index in [0.29, 0.717) is 10.8 Å². The summed E-state index contributed by atoms with van der Waals surface area (Å²) in [5.41, 5.74) is 1.15. The molecule has 9 atom stereocenters. The molecule has 1 N–H and O–H groups in total. The van der Waals surface area contributed by atoms with E-state index in [0.717, 1.165) is 54.3 Å². The van der Waals surface area contributed by atoms with Gasteiger partial charge in [-0.15, -0.1) is 0 Å². The first kappa shape index (κ1) is 21.2. The van der Waals surface area contributed by atoms with Crippen molar-refractivity contribution in [3.8, 4) is 0 Å². The van der Waals surface area contributed by atoms with Crippen LogP contribution in [0.3, 0.4) is 0 Å². The first-order valence-electron chi connectivity index (χ1n) is 12.9. The van der Waals surface area contributed by atoms with Crippen LogP contribution < -0.4 is 0 Å². The topological polar surface area (TPSA) is 20.2 Å². The summed E-state index contributed by atoms with van der Waals surface area (Å²) in [7, 11) is 0. The monoisotopic (exact) mass is 388 g/mol. The SMILES string of the molecule is CC(C)CCC[C@@H](C)[C@@H]1CC[C@@H]2[C@H]3CC[C@H]4C[C@@H](O)CC[C@]4(C)[C@@H]3CC[C@]21C. The van der Waals surface area contributed by atoms with Crippen molar-refractivity contribution in [2.75, 3.05) is 0 Å². The molecule has 0 radical (unpaired) electrons. The molecule has 0 aliphatic heterocycles. The maximum atomic E-state index is 10.3. The second-order valence-corrected chi connectivity index (χ2v) is 12.6. The lowest BCUT2D eigenvalue weighted by molar-refractivity contribution is -0.129. The highest BCUT2D eigenvalue weighted by atomic mass is 16.3. The molecule has 4 aliphatic rings. The average Bonchev–Trinajstić information content (AvgIpc) is 2.99. The lowest BCUT2D eigenvalue weighted by Crippen LogP contribution is -2.54. The van der Waals surface area contributed by atoms with Crippen LogP contribution in [-0.4, -0.2) is 11.2 Å². The first-order chi connectivity index (χ1) is 13.3. The fourth-order valence-electron chi connectivity index (χ4n) is 9.26. The minimum absolute atomic E-state index is 0.00830. The van der Waals surface area contributed by atoms with Crippen LogP contribution in [0.15, 0.2) is 0 Å². The molecule has 1 nitrogen and oxygen atoms in total. The fraction of sp³-hybridized carbons (Fsp3) is 1.00. The van der Waals surface area contributed by atoms with Gasteiger partial charge in [-0.05, 0) is 110 Å². The van der Waals surface area contributed by atoms with Gasteiger partial charge in [0, 0.05) is 0 Å². The Morgan fingerprint density at radius 2 is 1.54 bits per heavy atom. The van der Waals surface area contributed by atoms with Crippen LogP contribution in [-0.2, 0) is 0 Å². The van der Waals surface area contributed by atoms with Crippen LogP contribution >= 0.6 is 0 Å². The van der Waals surface area contributed by atoms with Crippen LogP contribution in [0.4, 0.5) is 0 Å². The lowest BCUT2D eigenvalue weighted by Gasteiger charge is -2.61. The van der Waals surface area contributed by atoms with Crippen LogP contribution in [0.2, 0.25) is 0 Å². The Hall–Kier alpha value is -0.0400. The van der Waals surface area contributed by atoms with Crippen molar-refractivity contribution in [2.45, 2.75) is 118 Å². The summed E-state index contributed by atoms with van der Waals surface area (Å²) in [5.74, 6) is 6.49. The molecule has 4 saturated carbocycles. The summed E-state index contributed by atoms with van der Waals surface area (Å²) in [6.07, 6.45) is 16.6. The third kappa shape index (κ3) is 3.50. The smallest absolute Gasteiger partial charge is 0.0543 e. The van der Waals surface area contributed by atoms with Gasteiger partial charge in [-0.25, -0.2) is 0 Å². The molecule has 0 unspecified atom stereocenters. The van der Waals surface area contributed by atoms with Gasteiger partial charge in [0.25, 0.3) is 0 Å². The molecule has 1 heteroatoms. The van der Waals surface area contributed by atoms with Crippen molar-refractivity contribution in [3.63, 3.8) is 0 Å².